The molecular formula is C17H18F4O3. The van der Waals surface area contributed by atoms with Crippen LogP contribution in [0.1, 0.15) is 37.8 Å². The van der Waals surface area contributed by atoms with E-state index in [0.29, 0.717) is 0 Å². The SMILES string of the molecule is CC(C)C1(CCc2ccc(F)c(C(F)(F)F)c2)CC(O)=CC(=O)O1. The molecule has 0 radical (unpaired) electrons. The van der Waals surface area contributed by atoms with Crippen LogP contribution >= 0.6 is 0 Å². The van der Waals surface area contributed by atoms with Gasteiger partial charge in [0.1, 0.15) is 17.2 Å². The summed E-state index contributed by atoms with van der Waals surface area (Å²) in [6.45, 7) is 3.61. The number of carbonyl (C=O) groups is 1. The fourth-order valence-corrected chi connectivity index (χ4v) is 2.81. The molecule has 1 unspecified atom stereocenters. The minimum absolute atomic E-state index is 0.101. The molecule has 7 heteroatoms. The Kier molecular flexibility index (Phi) is 4.92. The summed E-state index contributed by atoms with van der Waals surface area (Å²) in [4.78, 5) is 11.6. The lowest BCUT2D eigenvalue weighted by Gasteiger charge is -2.39. The van der Waals surface area contributed by atoms with Gasteiger partial charge in [-0.2, -0.15) is 13.2 Å². The van der Waals surface area contributed by atoms with Gasteiger partial charge in [0, 0.05) is 6.42 Å². The van der Waals surface area contributed by atoms with Gasteiger partial charge in [-0.25, -0.2) is 9.18 Å². The Hall–Kier alpha value is -2.05. The summed E-state index contributed by atoms with van der Waals surface area (Å²) >= 11 is 0. The van der Waals surface area contributed by atoms with Crippen molar-refractivity contribution in [1.29, 1.82) is 0 Å². The molecule has 0 saturated carbocycles. The van der Waals surface area contributed by atoms with Gasteiger partial charge in [0.05, 0.1) is 11.6 Å². The van der Waals surface area contributed by atoms with Crippen LogP contribution in [0.5, 0.6) is 0 Å². The molecular weight excluding hydrogens is 328 g/mol. The minimum Gasteiger partial charge on any atom is -0.512 e. The van der Waals surface area contributed by atoms with Crippen LogP contribution in [0.2, 0.25) is 0 Å². The Balaban J connectivity index is 2.22. The predicted molar refractivity (Wildman–Crippen MR) is 78.7 cm³/mol. The zero-order chi connectivity index (χ0) is 18.1. The summed E-state index contributed by atoms with van der Waals surface area (Å²) in [7, 11) is 0. The number of alkyl halides is 3. The van der Waals surface area contributed by atoms with Crippen molar-refractivity contribution in [2.75, 3.05) is 0 Å². The second-order valence-corrected chi connectivity index (χ2v) is 6.26. The monoisotopic (exact) mass is 346 g/mol. The van der Waals surface area contributed by atoms with Crippen molar-refractivity contribution >= 4 is 5.97 Å². The summed E-state index contributed by atoms with van der Waals surface area (Å²) in [5, 5.41) is 9.71. The lowest BCUT2D eigenvalue weighted by atomic mass is 9.80. The number of aliphatic hydroxyl groups excluding tert-OH is 1. The number of hydrogen-bond acceptors (Lipinski definition) is 3. The van der Waals surface area contributed by atoms with Gasteiger partial charge in [-0.15, -0.1) is 0 Å². The predicted octanol–water partition coefficient (Wildman–Crippen LogP) is 4.56. The number of aryl methyl sites for hydroxylation is 1. The number of halogens is 4. The third-order valence-electron chi connectivity index (χ3n) is 4.29. The Morgan fingerprint density at radius 2 is 2.00 bits per heavy atom. The van der Waals surface area contributed by atoms with Gasteiger partial charge in [0.15, 0.2) is 0 Å². The van der Waals surface area contributed by atoms with E-state index in [-0.39, 0.29) is 36.5 Å². The fourth-order valence-electron chi connectivity index (χ4n) is 2.81. The van der Waals surface area contributed by atoms with Gasteiger partial charge >= 0.3 is 12.1 Å². The van der Waals surface area contributed by atoms with Crippen molar-refractivity contribution in [2.24, 2.45) is 5.92 Å². The van der Waals surface area contributed by atoms with Crippen molar-refractivity contribution in [3.8, 4) is 0 Å². The van der Waals surface area contributed by atoms with Gasteiger partial charge in [-0.3, -0.25) is 0 Å². The van der Waals surface area contributed by atoms with Crippen LogP contribution in [0.25, 0.3) is 0 Å². The lowest BCUT2D eigenvalue weighted by Crippen LogP contribution is -2.43. The molecule has 1 N–H and O–H groups in total. The number of hydrogen-bond donors (Lipinski definition) is 1. The number of cyclic esters (lactones) is 1. The number of aliphatic hydroxyl groups is 1. The molecule has 0 saturated heterocycles. The molecule has 1 aliphatic rings. The van der Waals surface area contributed by atoms with Crippen LogP contribution in [0.3, 0.4) is 0 Å². The highest BCUT2D eigenvalue weighted by Crippen LogP contribution is 2.37. The van der Waals surface area contributed by atoms with E-state index in [1.807, 2.05) is 0 Å². The van der Waals surface area contributed by atoms with E-state index in [0.717, 1.165) is 18.2 Å². The normalized spacial score (nSPS) is 21.6. The van der Waals surface area contributed by atoms with E-state index in [4.69, 9.17) is 4.74 Å². The third-order valence-corrected chi connectivity index (χ3v) is 4.29. The molecule has 2 rings (SSSR count). The summed E-state index contributed by atoms with van der Waals surface area (Å²) in [5.74, 6) is -2.27. The average molecular weight is 346 g/mol. The molecule has 0 aromatic heterocycles. The van der Waals surface area contributed by atoms with Crippen LogP contribution in [0.15, 0.2) is 30.0 Å². The van der Waals surface area contributed by atoms with E-state index in [2.05, 4.69) is 0 Å². The largest absolute Gasteiger partial charge is 0.512 e. The first kappa shape index (κ1) is 18.3. The van der Waals surface area contributed by atoms with Crippen molar-refractivity contribution in [2.45, 2.75) is 44.9 Å². The molecule has 0 aliphatic carbocycles. The van der Waals surface area contributed by atoms with Gasteiger partial charge in [0.25, 0.3) is 0 Å². The van der Waals surface area contributed by atoms with Gasteiger partial charge in [-0.1, -0.05) is 19.9 Å². The Morgan fingerprint density at radius 1 is 1.33 bits per heavy atom. The smallest absolute Gasteiger partial charge is 0.419 e. The first-order valence-electron chi connectivity index (χ1n) is 7.51. The zero-order valence-corrected chi connectivity index (χ0v) is 13.3. The molecule has 24 heavy (non-hydrogen) atoms. The third kappa shape index (κ3) is 3.88. The van der Waals surface area contributed by atoms with Crippen LogP contribution in [-0.2, 0) is 22.1 Å². The molecule has 3 nitrogen and oxygen atoms in total. The van der Waals surface area contributed by atoms with Crippen LogP contribution in [0.4, 0.5) is 17.6 Å². The Morgan fingerprint density at radius 3 is 2.54 bits per heavy atom. The molecule has 1 heterocycles. The molecule has 132 valence electrons. The molecule has 1 atom stereocenters. The molecule has 0 bridgehead atoms. The standard InChI is InChI=1S/C17H18F4O3/c1-10(2)16(9-12(22)8-15(23)24-16)6-5-11-3-4-14(18)13(7-11)17(19,20)21/h3-4,7-8,10,22H,5-6,9H2,1-2H3. The van der Waals surface area contributed by atoms with Crippen molar-refractivity contribution in [3.05, 3.63) is 47.0 Å². The summed E-state index contributed by atoms with van der Waals surface area (Å²) in [6, 6.07) is 2.83. The van der Waals surface area contributed by atoms with Gasteiger partial charge in [-0.05, 0) is 36.5 Å². The van der Waals surface area contributed by atoms with E-state index >= 15 is 0 Å². The second kappa shape index (κ2) is 6.45. The van der Waals surface area contributed by atoms with E-state index in [1.165, 1.54) is 6.07 Å². The quantitative estimate of drug-likeness (QED) is 0.642. The number of ether oxygens (including phenoxy) is 1. The van der Waals surface area contributed by atoms with Crippen LogP contribution < -0.4 is 0 Å². The van der Waals surface area contributed by atoms with E-state index < -0.39 is 29.1 Å². The maximum atomic E-state index is 13.3. The summed E-state index contributed by atoms with van der Waals surface area (Å²) in [5.41, 5.74) is -2.03. The highest BCUT2D eigenvalue weighted by Gasteiger charge is 2.41. The average Bonchev–Trinajstić information content (AvgIpc) is 2.44. The zero-order valence-electron chi connectivity index (χ0n) is 13.3. The van der Waals surface area contributed by atoms with Crippen LogP contribution in [-0.4, -0.2) is 16.7 Å². The molecule has 1 aromatic carbocycles. The van der Waals surface area contributed by atoms with Gasteiger partial charge in [0.2, 0.25) is 0 Å². The van der Waals surface area contributed by atoms with Gasteiger partial charge < -0.3 is 9.84 Å². The highest BCUT2D eigenvalue weighted by molar-refractivity contribution is 5.83. The maximum Gasteiger partial charge on any atom is 0.419 e. The van der Waals surface area contributed by atoms with E-state index in [9.17, 15) is 27.5 Å². The molecule has 0 fully saturated rings. The number of carbonyl (C=O) groups excluding carboxylic acids is 1. The Labute approximate surface area is 136 Å². The molecule has 1 aromatic rings. The van der Waals surface area contributed by atoms with Crippen molar-refractivity contribution < 1.29 is 32.2 Å². The number of benzene rings is 1. The first-order valence-corrected chi connectivity index (χ1v) is 7.51. The van der Waals surface area contributed by atoms with E-state index in [1.54, 1.807) is 13.8 Å². The molecule has 1 aliphatic heterocycles. The topological polar surface area (TPSA) is 46.5 Å². The fraction of sp³-hybridized carbons (Fsp3) is 0.471. The molecule has 0 amide bonds. The van der Waals surface area contributed by atoms with Crippen LogP contribution in [0, 0.1) is 11.7 Å². The first-order chi connectivity index (χ1) is 11.0. The lowest BCUT2D eigenvalue weighted by molar-refractivity contribution is -0.163. The Bertz CT molecular complexity index is 664. The number of rotatable bonds is 4. The maximum absolute atomic E-state index is 13.3. The summed E-state index contributed by atoms with van der Waals surface area (Å²) < 4.78 is 57.1. The number of esters is 1. The molecule has 0 spiro atoms. The van der Waals surface area contributed by atoms with Crippen molar-refractivity contribution in [1.82, 2.24) is 0 Å². The minimum atomic E-state index is -4.77. The highest BCUT2D eigenvalue weighted by atomic mass is 19.4. The van der Waals surface area contributed by atoms with Crippen molar-refractivity contribution in [3.63, 3.8) is 0 Å². The summed E-state index contributed by atoms with van der Waals surface area (Å²) in [6.07, 6.45) is -3.31. The second-order valence-electron chi connectivity index (χ2n) is 6.26.